The van der Waals surface area contributed by atoms with Crippen LogP contribution in [0.25, 0.3) is 10.8 Å². The molecule has 1 aromatic carbocycles. The molecule has 1 aromatic heterocycles. The van der Waals surface area contributed by atoms with Gasteiger partial charge in [-0.1, -0.05) is 19.1 Å². The minimum atomic E-state index is -0.339. The number of pyridine rings is 1. The summed E-state index contributed by atoms with van der Waals surface area (Å²) in [6.45, 7) is 2.29. The molecular formula is C16H19N3O2. The summed E-state index contributed by atoms with van der Waals surface area (Å²) >= 11 is 0. The molecule has 1 heterocycles. The third-order valence-electron chi connectivity index (χ3n) is 4.34. The first-order valence-corrected chi connectivity index (χ1v) is 7.44. The lowest BCUT2D eigenvalue weighted by Gasteiger charge is -2.27. The Hall–Kier alpha value is -2.17. The Morgan fingerprint density at radius 2 is 1.95 bits per heavy atom. The first kappa shape index (κ1) is 13.8. The molecule has 0 unspecified atom stereocenters. The number of hydrogen-bond acceptors (Lipinski definition) is 4. The van der Waals surface area contributed by atoms with E-state index >= 15 is 0 Å². The predicted octanol–water partition coefficient (Wildman–Crippen LogP) is 4.13. The Bertz CT molecular complexity index is 664. The monoisotopic (exact) mass is 285 g/mol. The van der Waals surface area contributed by atoms with Crippen LogP contribution in [0, 0.1) is 16.0 Å². The highest BCUT2D eigenvalue weighted by Crippen LogP contribution is 2.31. The highest BCUT2D eigenvalue weighted by atomic mass is 16.6. The number of hydrogen-bond donors (Lipinski definition) is 1. The van der Waals surface area contributed by atoms with Crippen molar-refractivity contribution < 1.29 is 4.92 Å². The largest absolute Gasteiger partial charge is 0.367 e. The van der Waals surface area contributed by atoms with Gasteiger partial charge in [-0.15, -0.1) is 0 Å². The summed E-state index contributed by atoms with van der Waals surface area (Å²) in [6.07, 6.45) is 6.36. The second kappa shape index (κ2) is 5.68. The third-order valence-corrected chi connectivity index (χ3v) is 4.34. The number of non-ortho nitro benzene ring substituents is 1. The Kier molecular flexibility index (Phi) is 3.73. The van der Waals surface area contributed by atoms with Gasteiger partial charge in [0.05, 0.1) is 10.3 Å². The molecule has 1 aliphatic carbocycles. The Morgan fingerprint density at radius 3 is 2.67 bits per heavy atom. The van der Waals surface area contributed by atoms with Gasteiger partial charge in [0.1, 0.15) is 5.82 Å². The van der Waals surface area contributed by atoms with E-state index in [9.17, 15) is 10.1 Å². The van der Waals surface area contributed by atoms with Gasteiger partial charge in [0.15, 0.2) is 0 Å². The van der Waals surface area contributed by atoms with Crippen LogP contribution in [0.1, 0.15) is 32.6 Å². The molecule has 3 rings (SSSR count). The molecule has 0 spiro atoms. The highest BCUT2D eigenvalue weighted by molar-refractivity contribution is 5.97. The van der Waals surface area contributed by atoms with E-state index in [2.05, 4.69) is 17.2 Å². The van der Waals surface area contributed by atoms with Gasteiger partial charge in [-0.25, -0.2) is 4.98 Å². The number of anilines is 1. The number of nitro benzene ring substituents is 1. The van der Waals surface area contributed by atoms with Crippen molar-refractivity contribution >= 4 is 22.3 Å². The average molecular weight is 285 g/mol. The lowest BCUT2D eigenvalue weighted by molar-refractivity contribution is -0.383. The van der Waals surface area contributed by atoms with Crippen LogP contribution in [0.5, 0.6) is 0 Å². The highest BCUT2D eigenvalue weighted by Gasteiger charge is 2.20. The zero-order valence-corrected chi connectivity index (χ0v) is 12.1. The average Bonchev–Trinajstić information content (AvgIpc) is 2.49. The standard InChI is InChI=1S/C16H19N3O2/c1-11-5-7-12(8-6-11)18-16-14-3-2-4-15(19(20)21)13(14)9-10-17-16/h2-4,9-12H,5-8H2,1H3,(H,17,18). The smallest absolute Gasteiger partial charge is 0.277 e. The lowest BCUT2D eigenvalue weighted by Crippen LogP contribution is -2.25. The van der Waals surface area contributed by atoms with E-state index in [0.717, 1.165) is 30.0 Å². The van der Waals surface area contributed by atoms with Gasteiger partial charge in [0.2, 0.25) is 0 Å². The predicted molar refractivity (Wildman–Crippen MR) is 83.4 cm³/mol. The third kappa shape index (κ3) is 2.82. The minimum absolute atomic E-state index is 0.134. The molecule has 0 amide bonds. The van der Waals surface area contributed by atoms with Gasteiger partial charge in [0, 0.05) is 23.7 Å². The van der Waals surface area contributed by atoms with Crippen LogP contribution >= 0.6 is 0 Å². The molecule has 5 nitrogen and oxygen atoms in total. The van der Waals surface area contributed by atoms with Crippen LogP contribution in [0.2, 0.25) is 0 Å². The Morgan fingerprint density at radius 1 is 1.19 bits per heavy atom. The molecule has 21 heavy (non-hydrogen) atoms. The minimum Gasteiger partial charge on any atom is -0.367 e. The molecule has 1 aliphatic rings. The number of aromatic nitrogens is 1. The topological polar surface area (TPSA) is 68.1 Å². The molecule has 0 bridgehead atoms. The molecule has 1 N–H and O–H groups in total. The van der Waals surface area contributed by atoms with Crippen LogP contribution in [0.4, 0.5) is 11.5 Å². The van der Waals surface area contributed by atoms with E-state index in [0.29, 0.717) is 11.4 Å². The van der Waals surface area contributed by atoms with Crippen molar-refractivity contribution in [2.75, 3.05) is 5.32 Å². The summed E-state index contributed by atoms with van der Waals surface area (Å²) < 4.78 is 0. The van der Waals surface area contributed by atoms with Crippen LogP contribution < -0.4 is 5.32 Å². The van der Waals surface area contributed by atoms with Crippen LogP contribution in [0.3, 0.4) is 0 Å². The number of nitro groups is 1. The van der Waals surface area contributed by atoms with Crippen molar-refractivity contribution in [1.82, 2.24) is 4.98 Å². The summed E-state index contributed by atoms with van der Waals surface area (Å²) in [4.78, 5) is 15.2. The van der Waals surface area contributed by atoms with E-state index in [1.54, 1.807) is 18.3 Å². The second-order valence-electron chi connectivity index (χ2n) is 5.89. The van der Waals surface area contributed by atoms with Crippen molar-refractivity contribution in [1.29, 1.82) is 0 Å². The molecule has 0 radical (unpaired) electrons. The fourth-order valence-corrected chi connectivity index (χ4v) is 3.06. The lowest BCUT2D eigenvalue weighted by atomic mass is 9.87. The maximum atomic E-state index is 11.1. The van der Waals surface area contributed by atoms with Crippen molar-refractivity contribution in [3.05, 3.63) is 40.6 Å². The van der Waals surface area contributed by atoms with Crippen molar-refractivity contribution in [3.8, 4) is 0 Å². The van der Waals surface area contributed by atoms with Gasteiger partial charge in [0.25, 0.3) is 5.69 Å². The molecular weight excluding hydrogens is 266 g/mol. The van der Waals surface area contributed by atoms with Crippen molar-refractivity contribution in [3.63, 3.8) is 0 Å². The number of rotatable bonds is 3. The van der Waals surface area contributed by atoms with Gasteiger partial charge in [-0.05, 0) is 37.7 Å². The fraction of sp³-hybridized carbons (Fsp3) is 0.438. The molecule has 1 fully saturated rings. The molecule has 110 valence electrons. The summed E-state index contributed by atoms with van der Waals surface area (Å²) in [5.74, 6) is 1.56. The maximum absolute atomic E-state index is 11.1. The first-order valence-electron chi connectivity index (χ1n) is 7.44. The van der Waals surface area contributed by atoms with E-state index in [4.69, 9.17) is 0 Å². The van der Waals surface area contributed by atoms with E-state index in [1.165, 1.54) is 18.9 Å². The molecule has 1 saturated carbocycles. The quantitative estimate of drug-likeness (QED) is 0.680. The van der Waals surface area contributed by atoms with Crippen LogP contribution in [-0.4, -0.2) is 15.9 Å². The van der Waals surface area contributed by atoms with E-state index in [1.807, 2.05) is 6.07 Å². The summed E-state index contributed by atoms with van der Waals surface area (Å²) in [6, 6.07) is 7.27. The zero-order valence-electron chi connectivity index (χ0n) is 12.1. The summed E-state index contributed by atoms with van der Waals surface area (Å²) in [7, 11) is 0. The van der Waals surface area contributed by atoms with Crippen LogP contribution in [-0.2, 0) is 0 Å². The molecule has 0 saturated heterocycles. The number of nitrogens with zero attached hydrogens (tertiary/aromatic N) is 2. The first-order chi connectivity index (χ1) is 10.1. The summed E-state index contributed by atoms with van der Waals surface area (Å²) in [5.41, 5.74) is 0.134. The van der Waals surface area contributed by atoms with E-state index in [-0.39, 0.29) is 10.6 Å². The van der Waals surface area contributed by atoms with Gasteiger partial charge in [-0.2, -0.15) is 0 Å². The van der Waals surface area contributed by atoms with Crippen molar-refractivity contribution in [2.24, 2.45) is 5.92 Å². The second-order valence-corrected chi connectivity index (χ2v) is 5.89. The van der Waals surface area contributed by atoms with E-state index < -0.39 is 0 Å². The van der Waals surface area contributed by atoms with Gasteiger partial charge in [-0.3, -0.25) is 10.1 Å². The zero-order chi connectivity index (χ0) is 14.8. The summed E-state index contributed by atoms with van der Waals surface area (Å²) in [5, 5.41) is 16.1. The molecule has 5 heteroatoms. The SMILES string of the molecule is CC1CCC(Nc2nccc3c([N+](=O)[O-])cccc23)CC1. The van der Waals surface area contributed by atoms with Gasteiger partial charge < -0.3 is 5.32 Å². The Balaban J connectivity index is 1.92. The number of nitrogens with one attached hydrogen (secondary N) is 1. The maximum Gasteiger partial charge on any atom is 0.277 e. The fourth-order valence-electron chi connectivity index (χ4n) is 3.06. The number of fused-ring (bicyclic) bond motifs is 1. The Labute approximate surface area is 123 Å². The molecule has 2 aromatic rings. The van der Waals surface area contributed by atoms with Crippen LogP contribution in [0.15, 0.2) is 30.5 Å². The van der Waals surface area contributed by atoms with Crippen molar-refractivity contribution in [2.45, 2.75) is 38.6 Å². The molecule has 0 aliphatic heterocycles. The van der Waals surface area contributed by atoms with Gasteiger partial charge >= 0.3 is 0 Å². The number of benzene rings is 1. The molecule has 0 atom stereocenters. The normalized spacial score (nSPS) is 22.1.